The Balaban J connectivity index is 2.46. The van der Waals surface area contributed by atoms with E-state index in [0.29, 0.717) is 11.6 Å². The van der Waals surface area contributed by atoms with Gasteiger partial charge in [-0.25, -0.2) is 15.0 Å². The van der Waals surface area contributed by atoms with E-state index in [1.54, 1.807) is 18.6 Å². The molecule has 0 fully saturated rings. The van der Waals surface area contributed by atoms with Crippen molar-refractivity contribution >= 4 is 5.82 Å². The molecule has 0 saturated heterocycles. The van der Waals surface area contributed by atoms with Crippen LogP contribution in [0.25, 0.3) is 11.5 Å². The molecule has 2 N–H and O–H groups in total. The second-order valence-corrected chi connectivity index (χ2v) is 2.73. The number of nitrogens with zero attached hydrogens (tertiary/aromatic N) is 4. The minimum absolute atomic E-state index is 0.454. The van der Waals surface area contributed by atoms with Gasteiger partial charge in [0.2, 0.25) is 0 Å². The van der Waals surface area contributed by atoms with E-state index in [4.69, 9.17) is 5.73 Å². The normalized spacial score (nSPS) is 10.2. The van der Waals surface area contributed by atoms with Crippen LogP contribution in [0, 0.1) is 0 Å². The molecule has 0 aromatic carbocycles. The van der Waals surface area contributed by atoms with Gasteiger partial charge in [0, 0.05) is 19.4 Å². The van der Waals surface area contributed by atoms with Crippen LogP contribution in [-0.4, -0.2) is 19.5 Å². The summed E-state index contributed by atoms with van der Waals surface area (Å²) in [5.41, 5.74) is 6.25. The number of hydrogen-bond donors (Lipinski definition) is 1. The quantitative estimate of drug-likeness (QED) is 0.683. The Kier molecular flexibility index (Phi) is 1.70. The van der Waals surface area contributed by atoms with Gasteiger partial charge in [0.15, 0.2) is 5.82 Å². The van der Waals surface area contributed by atoms with Crippen molar-refractivity contribution in [2.45, 2.75) is 0 Å². The van der Waals surface area contributed by atoms with Gasteiger partial charge >= 0.3 is 0 Å². The lowest BCUT2D eigenvalue weighted by Crippen LogP contribution is -1.94. The van der Waals surface area contributed by atoms with Gasteiger partial charge in [-0.3, -0.25) is 0 Å². The first-order valence-electron chi connectivity index (χ1n) is 3.82. The maximum Gasteiger partial charge on any atom is 0.181 e. The van der Waals surface area contributed by atoms with E-state index in [1.807, 2.05) is 17.8 Å². The molecule has 2 rings (SSSR count). The average molecular weight is 175 g/mol. The van der Waals surface area contributed by atoms with E-state index in [2.05, 4.69) is 15.0 Å². The Morgan fingerprint density at radius 2 is 2.23 bits per heavy atom. The smallest absolute Gasteiger partial charge is 0.181 e. The van der Waals surface area contributed by atoms with Crippen LogP contribution < -0.4 is 5.73 Å². The van der Waals surface area contributed by atoms with Crippen LogP contribution in [0.5, 0.6) is 0 Å². The molecule has 5 nitrogen and oxygen atoms in total. The zero-order chi connectivity index (χ0) is 9.26. The third-order valence-electron chi connectivity index (χ3n) is 1.61. The number of hydrogen-bond acceptors (Lipinski definition) is 4. The molecule has 0 radical (unpaired) electrons. The number of aromatic nitrogens is 4. The lowest BCUT2D eigenvalue weighted by Gasteiger charge is -1.94. The first kappa shape index (κ1) is 7.72. The summed E-state index contributed by atoms with van der Waals surface area (Å²) in [4.78, 5) is 12.2. The number of anilines is 1. The number of nitrogen functional groups attached to an aromatic ring is 1. The van der Waals surface area contributed by atoms with Crippen molar-refractivity contribution in [2.24, 2.45) is 7.05 Å². The van der Waals surface area contributed by atoms with E-state index < -0.39 is 0 Å². The van der Waals surface area contributed by atoms with Crippen molar-refractivity contribution in [3.8, 4) is 11.5 Å². The fourth-order valence-corrected chi connectivity index (χ4v) is 1.02. The second-order valence-electron chi connectivity index (χ2n) is 2.73. The second kappa shape index (κ2) is 2.85. The third-order valence-corrected chi connectivity index (χ3v) is 1.61. The Labute approximate surface area is 75.3 Å². The zero-order valence-electron chi connectivity index (χ0n) is 7.18. The molecule has 2 aromatic rings. The van der Waals surface area contributed by atoms with Gasteiger partial charge in [0.25, 0.3) is 0 Å². The molecule has 0 amide bonds. The van der Waals surface area contributed by atoms with Gasteiger partial charge in [-0.2, -0.15) is 0 Å². The predicted octanol–water partition coefficient (Wildman–Crippen LogP) is 0.459. The van der Waals surface area contributed by atoms with Gasteiger partial charge in [0.1, 0.15) is 11.5 Å². The van der Waals surface area contributed by atoms with Crippen LogP contribution in [0.3, 0.4) is 0 Å². The maximum atomic E-state index is 5.52. The van der Waals surface area contributed by atoms with Crippen LogP contribution >= 0.6 is 0 Å². The van der Waals surface area contributed by atoms with Crippen LogP contribution in [-0.2, 0) is 7.05 Å². The SMILES string of the molecule is Cn1cnc(-c2nccc(N)n2)c1. The van der Waals surface area contributed by atoms with Crippen LogP contribution in [0.1, 0.15) is 0 Å². The lowest BCUT2D eigenvalue weighted by atomic mass is 10.4. The molecule has 0 bridgehead atoms. The van der Waals surface area contributed by atoms with Crippen molar-refractivity contribution in [3.63, 3.8) is 0 Å². The number of rotatable bonds is 1. The fraction of sp³-hybridized carbons (Fsp3) is 0.125. The van der Waals surface area contributed by atoms with Gasteiger partial charge < -0.3 is 10.3 Å². The summed E-state index contributed by atoms with van der Waals surface area (Å²) in [6.45, 7) is 0. The van der Waals surface area contributed by atoms with Gasteiger partial charge in [-0.05, 0) is 6.07 Å². The molecular formula is C8H9N5. The molecular weight excluding hydrogens is 166 g/mol. The molecule has 0 saturated carbocycles. The molecule has 0 aliphatic rings. The summed E-state index contributed by atoms with van der Waals surface area (Å²) in [6.07, 6.45) is 5.16. The minimum atomic E-state index is 0.454. The highest BCUT2D eigenvalue weighted by atomic mass is 15.0. The standard InChI is InChI=1S/C8H9N5/c1-13-4-6(11-5-13)8-10-3-2-7(9)12-8/h2-5H,1H3,(H2,9,10,12). The van der Waals surface area contributed by atoms with Crippen molar-refractivity contribution in [3.05, 3.63) is 24.8 Å². The summed E-state index contributed by atoms with van der Waals surface area (Å²) < 4.78 is 1.84. The Morgan fingerprint density at radius 3 is 2.85 bits per heavy atom. The van der Waals surface area contributed by atoms with E-state index in [0.717, 1.165) is 5.69 Å². The first-order chi connectivity index (χ1) is 6.25. The summed E-state index contributed by atoms with van der Waals surface area (Å²) in [5.74, 6) is 1.01. The molecule has 0 unspecified atom stereocenters. The Morgan fingerprint density at radius 1 is 1.38 bits per heavy atom. The zero-order valence-corrected chi connectivity index (χ0v) is 7.18. The number of nitrogens with two attached hydrogens (primary N) is 1. The maximum absolute atomic E-state index is 5.52. The molecule has 0 spiro atoms. The number of aryl methyl sites for hydroxylation is 1. The molecule has 66 valence electrons. The largest absolute Gasteiger partial charge is 0.384 e. The molecule has 2 aromatic heterocycles. The van der Waals surface area contributed by atoms with Crippen LogP contribution in [0.15, 0.2) is 24.8 Å². The van der Waals surface area contributed by atoms with Crippen molar-refractivity contribution in [1.82, 2.24) is 19.5 Å². The summed E-state index contributed by atoms with van der Waals surface area (Å²) in [6, 6.07) is 1.65. The van der Waals surface area contributed by atoms with E-state index >= 15 is 0 Å². The van der Waals surface area contributed by atoms with Gasteiger partial charge in [-0.1, -0.05) is 0 Å². The summed E-state index contributed by atoms with van der Waals surface area (Å²) >= 11 is 0. The van der Waals surface area contributed by atoms with Crippen molar-refractivity contribution in [1.29, 1.82) is 0 Å². The monoisotopic (exact) mass is 175 g/mol. The third kappa shape index (κ3) is 1.48. The molecule has 13 heavy (non-hydrogen) atoms. The van der Waals surface area contributed by atoms with E-state index in [1.165, 1.54) is 0 Å². The topological polar surface area (TPSA) is 69.6 Å². The van der Waals surface area contributed by atoms with Gasteiger partial charge in [-0.15, -0.1) is 0 Å². The molecule has 0 aliphatic heterocycles. The average Bonchev–Trinajstić information content (AvgIpc) is 2.52. The van der Waals surface area contributed by atoms with Crippen LogP contribution in [0.2, 0.25) is 0 Å². The molecule has 2 heterocycles. The van der Waals surface area contributed by atoms with Gasteiger partial charge in [0.05, 0.1) is 6.33 Å². The molecule has 0 atom stereocenters. The number of imidazole rings is 1. The fourth-order valence-electron chi connectivity index (χ4n) is 1.02. The molecule has 5 heteroatoms. The lowest BCUT2D eigenvalue weighted by molar-refractivity contribution is 0.913. The van der Waals surface area contributed by atoms with E-state index in [9.17, 15) is 0 Å². The highest BCUT2D eigenvalue weighted by Crippen LogP contribution is 2.11. The minimum Gasteiger partial charge on any atom is -0.384 e. The Hall–Kier alpha value is -1.91. The van der Waals surface area contributed by atoms with Crippen molar-refractivity contribution in [2.75, 3.05) is 5.73 Å². The first-order valence-corrected chi connectivity index (χ1v) is 3.82. The van der Waals surface area contributed by atoms with E-state index in [-0.39, 0.29) is 0 Å². The van der Waals surface area contributed by atoms with Crippen LogP contribution in [0.4, 0.5) is 5.82 Å². The predicted molar refractivity (Wildman–Crippen MR) is 48.6 cm³/mol. The Bertz CT molecular complexity index is 420. The summed E-state index contributed by atoms with van der Waals surface area (Å²) in [5, 5.41) is 0. The molecule has 0 aliphatic carbocycles. The highest BCUT2D eigenvalue weighted by molar-refractivity contribution is 5.49. The summed E-state index contributed by atoms with van der Waals surface area (Å²) in [7, 11) is 1.89. The highest BCUT2D eigenvalue weighted by Gasteiger charge is 2.03. The van der Waals surface area contributed by atoms with Crippen molar-refractivity contribution < 1.29 is 0 Å².